The molecule has 0 radical (unpaired) electrons. The number of amides is 3. The number of hydrogen-bond donors (Lipinski definition) is 0. The summed E-state index contributed by atoms with van der Waals surface area (Å²) in [6.45, 7) is 1.04. The first-order valence-electron chi connectivity index (χ1n) is 8.13. The van der Waals surface area contributed by atoms with Gasteiger partial charge in [-0.1, -0.05) is 0 Å². The number of pyridine rings is 1. The molecule has 0 N–H and O–H groups in total. The van der Waals surface area contributed by atoms with Crippen molar-refractivity contribution in [2.24, 2.45) is 0 Å². The van der Waals surface area contributed by atoms with Crippen molar-refractivity contribution in [1.29, 1.82) is 0 Å². The van der Waals surface area contributed by atoms with Crippen molar-refractivity contribution < 1.29 is 14.0 Å². The van der Waals surface area contributed by atoms with Gasteiger partial charge in [0, 0.05) is 37.8 Å². The normalized spacial score (nSPS) is 18.3. The van der Waals surface area contributed by atoms with Gasteiger partial charge in [0.1, 0.15) is 5.76 Å². The lowest BCUT2D eigenvalue weighted by Crippen LogP contribution is -2.51. The number of nitrogens with zero attached hydrogens (tertiary/aromatic N) is 4. The van der Waals surface area contributed by atoms with Gasteiger partial charge in [0.15, 0.2) is 5.89 Å². The monoisotopic (exact) mass is 326 g/mol. The molecule has 0 aromatic carbocycles. The molecule has 0 unspecified atom stereocenters. The van der Waals surface area contributed by atoms with Crippen molar-refractivity contribution in [2.75, 3.05) is 6.54 Å². The van der Waals surface area contributed by atoms with E-state index >= 15 is 0 Å². The van der Waals surface area contributed by atoms with Crippen molar-refractivity contribution in [3.8, 4) is 0 Å². The predicted molar refractivity (Wildman–Crippen MR) is 83.7 cm³/mol. The first-order valence-corrected chi connectivity index (χ1v) is 8.13. The molecule has 3 amide bonds. The molecule has 0 spiro atoms. The second-order valence-electron chi connectivity index (χ2n) is 6.23. The summed E-state index contributed by atoms with van der Waals surface area (Å²) >= 11 is 0. The van der Waals surface area contributed by atoms with Crippen molar-refractivity contribution in [2.45, 2.75) is 38.3 Å². The van der Waals surface area contributed by atoms with E-state index in [0.29, 0.717) is 31.2 Å². The lowest BCUT2D eigenvalue weighted by atomic mass is 10.2. The molecule has 4 rings (SSSR count). The van der Waals surface area contributed by atoms with Crippen LogP contribution in [0.3, 0.4) is 0 Å². The van der Waals surface area contributed by atoms with Gasteiger partial charge in [-0.3, -0.25) is 14.7 Å². The molecule has 24 heavy (non-hydrogen) atoms. The van der Waals surface area contributed by atoms with E-state index in [1.54, 1.807) is 23.5 Å². The van der Waals surface area contributed by atoms with Crippen molar-refractivity contribution in [1.82, 2.24) is 19.8 Å². The molecule has 1 saturated carbocycles. The number of hydrogen-bond acceptors (Lipinski definition) is 5. The molecule has 1 saturated heterocycles. The fourth-order valence-electron chi connectivity index (χ4n) is 2.82. The molecule has 2 fully saturated rings. The number of carbonyl (C=O) groups excluding carboxylic acids is 2. The molecule has 7 heteroatoms. The van der Waals surface area contributed by atoms with Crippen LogP contribution in [-0.2, 0) is 17.9 Å². The van der Waals surface area contributed by atoms with Gasteiger partial charge in [0.05, 0.1) is 12.7 Å². The SMILES string of the molecule is O=C1CCN(Cc2ccncc2)C(=O)N1Cc1cnc(C2CC2)o1. The van der Waals surface area contributed by atoms with E-state index in [1.807, 2.05) is 12.1 Å². The van der Waals surface area contributed by atoms with Gasteiger partial charge in [-0.05, 0) is 30.5 Å². The molecular weight excluding hydrogens is 308 g/mol. The van der Waals surface area contributed by atoms with E-state index in [1.165, 1.54) is 4.90 Å². The minimum absolute atomic E-state index is 0.143. The zero-order valence-electron chi connectivity index (χ0n) is 13.2. The lowest BCUT2D eigenvalue weighted by molar-refractivity contribution is -0.131. The lowest BCUT2D eigenvalue weighted by Gasteiger charge is -2.33. The molecule has 7 nitrogen and oxygen atoms in total. The molecule has 2 aromatic rings. The van der Waals surface area contributed by atoms with Crippen LogP contribution in [0.25, 0.3) is 0 Å². The van der Waals surface area contributed by atoms with Crippen LogP contribution in [0.15, 0.2) is 35.1 Å². The van der Waals surface area contributed by atoms with Crippen LogP contribution in [0.5, 0.6) is 0 Å². The average Bonchev–Trinajstić information content (AvgIpc) is 3.34. The zero-order chi connectivity index (χ0) is 16.5. The largest absolute Gasteiger partial charge is 0.444 e. The van der Waals surface area contributed by atoms with Crippen molar-refractivity contribution in [3.05, 3.63) is 47.9 Å². The number of urea groups is 1. The predicted octanol–water partition coefficient (Wildman–Crippen LogP) is 2.30. The molecule has 1 aliphatic heterocycles. The minimum Gasteiger partial charge on any atom is -0.444 e. The Kier molecular flexibility index (Phi) is 3.76. The summed E-state index contributed by atoms with van der Waals surface area (Å²) in [7, 11) is 0. The summed E-state index contributed by atoms with van der Waals surface area (Å²) in [5, 5.41) is 0. The van der Waals surface area contributed by atoms with Gasteiger partial charge in [-0.2, -0.15) is 0 Å². The maximum Gasteiger partial charge on any atom is 0.327 e. The van der Waals surface area contributed by atoms with E-state index in [2.05, 4.69) is 9.97 Å². The maximum atomic E-state index is 12.7. The van der Waals surface area contributed by atoms with E-state index in [0.717, 1.165) is 24.3 Å². The molecule has 3 heterocycles. The van der Waals surface area contributed by atoms with Gasteiger partial charge >= 0.3 is 6.03 Å². The molecule has 0 bridgehead atoms. The second-order valence-corrected chi connectivity index (χ2v) is 6.23. The first-order chi connectivity index (χ1) is 11.7. The Bertz CT molecular complexity index is 754. The Hall–Kier alpha value is -2.70. The Labute approximate surface area is 139 Å². The Morgan fingerprint density at radius 3 is 2.71 bits per heavy atom. The summed E-state index contributed by atoms with van der Waals surface area (Å²) in [6.07, 6.45) is 7.53. The highest BCUT2D eigenvalue weighted by atomic mass is 16.4. The summed E-state index contributed by atoms with van der Waals surface area (Å²) in [5.41, 5.74) is 0.989. The van der Waals surface area contributed by atoms with E-state index in [-0.39, 0.29) is 18.5 Å². The summed E-state index contributed by atoms with van der Waals surface area (Å²) in [6, 6.07) is 3.45. The third-order valence-corrected chi connectivity index (χ3v) is 4.33. The first kappa shape index (κ1) is 14.9. The van der Waals surface area contributed by atoms with Crippen LogP contribution in [0, 0.1) is 0 Å². The minimum atomic E-state index is -0.285. The fraction of sp³-hybridized carbons (Fsp3) is 0.412. The van der Waals surface area contributed by atoms with Gasteiger partial charge in [-0.15, -0.1) is 0 Å². The number of carbonyl (C=O) groups is 2. The molecule has 2 aliphatic rings. The zero-order valence-corrected chi connectivity index (χ0v) is 13.2. The highest BCUT2D eigenvalue weighted by molar-refractivity contribution is 5.96. The topological polar surface area (TPSA) is 79.5 Å². The smallest absolute Gasteiger partial charge is 0.327 e. The molecular formula is C17H18N4O3. The average molecular weight is 326 g/mol. The molecule has 0 atom stereocenters. The summed E-state index contributed by atoms with van der Waals surface area (Å²) < 4.78 is 5.68. The highest BCUT2D eigenvalue weighted by Crippen LogP contribution is 2.39. The van der Waals surface area contributed by atoms with Crippen LogP contribution in [0.2, 0.25) is 0 Å². The third-order valence-electron chi connectivity index (χ3n) is 4.33. The highest BCUT2D eigenvalue weighted by Gasteiger charge is 2.34. The van der Waals surface area contributed by atoms with Crippen LogP contribution in [-0.4, -0.2) is 38.3 Å². The number of imide groups is 1. The third kappa shape index (κ3) is 3.02. The van der Waals surface area contributed by atoms with Crippen LogP contribution in [0.1, 0.15) is 42.4 Å². The second kappa shape index (κ2) is 6.07. The Morgan fingerprint density at radius 2 is 1.96 bits per heavy atom. The maximum absolute atomic E-state index is 12.7. The Morgan fingerprint density at radius 1 is 1.17 bits per heavy atom. The molecule has 2 aromatic heterocycles. The van der Waals surface area contributed by atoms with Crippen molar-refractivity contribution in [3.63, 3.8) is 0 Å². The standard InChI is InChI=1S/C17H18N4O3/c22-15-5-8-20(10-12-3-6-18-7-4-12)17(23)21(15)11-14-9-19-16(24-14)13-1-2-13/h3-4,6-7,9,13H,1-2,5,8,10-11H2. The van der Waals surface area contributed by atoms with Crippen molar-refractivity contribution >= 4 is 11.9 Å². The fourth-order valence-corrected chi connectivity index (χ4v) is 2.82. The number of oxazole rings is 1. The van der Waals surface area contributed by atoms with E-state index in [4.69, 9.17) is 4.42 Å². The van der Waals surface area contributed by atoms with Crippen LogP contribution < -0.4 is 0 Å². The Balaban J connectivity index is 1.46. The van der Waals surface area contributed by atoms with E-state index < -0.39 is 0 Å². The van der Waals surface area contributed by atoms with Crippen LogP contribution >= 0.6 is 0 Å². The van der Waals surface area contributed by atoms with Gasteiger partial charge in [0.2, 0.25) is 5.91 Å². The number of aromatic nitrogens is 2. The van der Waals surface area contributed by atoms with Gasteiger partial charge < -0.3 is 9.32 Å². The quantitative estimate of drug-likeness (QED) is 0.842. The van der Waals surface area contributed by atoms with Crippen LogP contribution in [0.4, 0.5) is 4.79 Å². The van der Waals surface area contributed by atoms with Gasteiger partial charge in [0.25, 0.3) is 0 Å². The molecule has 1 aliphatic carbocycles. The molecule has 124 valence electrons. The summed E-state index contributed by atoms with van der Waals surface area (Å²) in [5.74, 6) is 1.52. The number of rotatable bonds is 5. The summed E-state index contributed by atoms with van der Waals surface area (Å²) in [4.78, 5) is 36.0. The van der Waals surface area contributed by atoms with Gasteiger partial charge in [-0.25, -0.2) is 9.78 Å². The van der Waals surface area contributed by atoms with E-state index in [9.17, 15) is 9.59 Å².